The van der Waals surface area contributed by atoms with Crippen molar-refractivity contribution < 1.29 is 9.05 Å². The molecule has 3 aliphatic heterocycles. The van der Waals surface area contributed by atoms with Crippen LogP contribution in [0.1, 0.15) is 12.0 Å². The van der Waals surface area contributed by atoms with Crippen molar-refractivity contribution in [1.29, 1.82) is 0 Å². The second-order valence-corrected chi connectivity index (χ2v) is 12.8. The van der Waals surface area contributed by atoms with Crippen LogP contribution in [0.2, 0.25) is 0 Å². The van der Waals surface area contributed by atoms with Crippen molar-refractivity contribution in [3.05, 3.63) is 106 Å². The Morgan fingerprint density at radius 2 is 1.44 bits per heavy atom. The molecule has 7 heteroatoms. The standard InChI is InChI=1S/C25H23BrN3O2P/c26-21-13-11-20(12-14-21)25-27-28(22-7-3-1-4-8-22)19-24-15-17-30-32(24,25)29(16-18-31-32)23-9-5-2-6-10-23/h1-14,19H,15-18H2. The van der Waals surface area contributed by atoms with E-state index in [1.54, 1.807) is 0 Å². The zero-order valence-electron chi connectivity index (χ0n) is 17.5. The summed E-state index contributed by atoms with van der Waals surface area (Å²) in [5.41, 5.74) is 4.02. The van der Waals surface area contributed by atoms with Crippen LogP contribution in [0.15, 0.2) is 106 Å². The van der Waals surface area contributed by atoms with Crippen LogP contribution in [0.25, 0.3) is 0 Å². The number of rotatable bonds is 3. The second kappa shape index (κ2) is 7.53. The Balaban J connectivity index is 1.62. The van der Waals surface area contributed by atoms with E-state index in [4.69, 9.17) is 14.1 Å². The van der Waals surface area contributed by atoms with E-state index in [1.165, 1.54) is 5.31 Å². The Morgan fingerprint density at radius 3 is 2.16 bits per heavy atom. The van der Waals surface area contributed by atoms with E-state index in [-0.39, 0.29) is 0 Å². The SMILES string of the molecule is Brc1ccc(C2=NN(c3ccccc3)C=C3CCOP324OCCN4c2ccccc2)cc1. The molecule has 0 bridgehead atoms. The van der Waals surface area contributed by atoms with Crippen LogP contribution in [0.4, 0.5) is 11.4 Å². The Morgan fingerprint density at radius 1 is 0.781 bits per heavy atom. The molecule has 0 unspecified atom stereocenters. The number of para-hydroxylation sites is 2. The van der Waals surface area contributed by atoms with Crippen molar-refractivity contribution in [2.24, 2.45) is 5.10 Å². The molecule has 0 aromatic heterocycles. The molecule has 5 nitrogen and oxygen atoms in total. The van der Waals surface area contributed by atoms with Gasteiger partial charge in [-0.1, -0.05) is 0 Å². The van der Waals surface area contributed by atoms with E-state index < -0.39 is 7.21 Å². The molecule has 3 heterocycles. The molecule has 2 saturated heterocycles. The number of hydrazone groups is 1. The van der Waals surface area contributed by atoms with Crippen LogP contribution in [0.3, 0.4) is 0 Å². The van der Waals surface area contributed by atoms with Crippen molar-refractivity contribution in [2.75, 3.05) is 29.4 Å². The topological polar surface area (TPSA) is 37.3 Å². The van der Waals surface area contributed by atoms with Gasteiger partial charge >= 0.3 is 196 Å². The van der Waals surface area contributed by atoms with Crippen molar-refractivity contribution >= 4 is 40.0 Å². The fraction of sp³-hybridized carbons (Fsp3) is 0.160. The van der Waals surface area contributed by atoms with Crippen molar-refractivity contribution in [3.8, 4) is 0 Å². The Hall–Kier alpha value is -2.50. The second-order valence-electron chi connectivity index (χ2n) is 8.02. The molecular formula is C25H23BrN3O2P. The molecule has 0 N–H and O–H groups in total. The molecule has 0 amide bonds. The van der Waals surface area contributed by atoms with Gasteiger partial charge in [-0.05, 0) is 0 Å². The summed E-state index contributed by atoms with van der Waals surface area (Å²) in [4.78, 5) is 0. The van der Waals surface area contributed by atoms with Gasteiger partial charge in [-0.15, -0.1) is 0 Å². The van der Waals surface area contributed by atoms with Crippen LogP contribution in [-0.4, -0.2) is 25.2 Å². The minimum atomic E-state index is -3.60. The van der Waals surface area contributed by atoms with Crippen molar-refractivity contribution in [1.82, 2.24) is 0 Å². The van der Waals surface area contributed by atoms with Gasteiger partial charge in [-0.2, -0.15) is 0 Å². The van der Waals surface area contributed by atoms with Crippen LogP contribution >= 0.6 is 23.1 Å². The predicted molar refractivity (Wildman–Crippen MR) is 135 cm³/mol. The van der Waals surface area contributed by atoms with Crippen LogP contribution in [-0.2, 0) is 9.05 Å². The quantitative estimate of drug-likeness (QED) is 0.368. The van der Waals surface area contributed by atoms with E-state index in [0.29, 0.717) is 13.2 Å². The molecule has 3 aromatic rings. The summed E-state index contributed by atoms with van der Waals surface area (Å²) in [6, 6.07) is 29.0. The van der Waals surface area contributed by atoms with E-state index >= 15 is 0 Å². The zero-order valence-corrected chi connectivity index (χ0v) is 20.0. The first-order valence-electron chi connectivity index (χ1n) is 10.8. The van der Waals surface area contributed by atoms with Crippen LogP contribution in [0.5, 0.6) is 0 Å². The fourth-order valence-electron chi connectivity index (χ4n) is 4.92. The van der Waals surface area contributed by atoms with Crippen molar-refractivity contribution in [2.45, 2.75) is 6.42 Å². The first kappa shape index (κ1) is 20.1. The number of hydrogen-bond donors (Lipinski definition) is 0. The van der Waals surface area contributed by atoms with Gasteiger partial charge in [0.25, 0.3) is 0 Å². The minimum absolute atomic E-state index is 0.602. The molecule has 1 spiro atoms. The average molecular weight is 508 g/mol. The van der Waals surface area contributed by atoms with Gasteiger partial charge in [0.15, 0.2) is 0 Å². The molecule has 162 valence electrons. The molecular weight excluding hydrogens is 485 g/mol. The number of nitrogens with zero attached hydrogens (tertiary/aromatic N) is 3. The average Bonchev–Trinajstić information content (AvgIpc) is 3.42. The molecule has 2 fully saturated rings. The Labute approximate surface area is 196 Å². The number of hydrogen-bond acceptors (Lipinski definition) is 5. The van der Waals surface area contributed by atoms with Crippen LogP contribution < -0.4 is 9.68 Å². The summed E-state index contributed by atoms with van der Waals surface area (Å²) in [6.45, 7) is 1.98. The third kappa shape index (κ3) is 2.77. The molecule has 3 aliphatic rings. The number of benzene rings is 3. The molecule has 0 atom stereocenters. The monoisotopic (exact) mass is 507 g/mol. The van der Waals surface area contributed by atoms with E-state index in [2.05, 4.69) is 87.5 Å². The molecule has 0 saturated carbocycles. The first-order valence-corrected chi connectivity index (χ1v) is 13.6. The zero-order chi connectivity index (χ0) is 21.6. The van der Waals surface area contributed by atoms with E-state index in [1.807, 2.05) is 29.3 Å². The molecule has 32 heavy (non-hydrogen) atoms. The Kier molecular flexibility index (Phi) is 4.74. The maximum absolute atomic E-state index is 6.84. The fourth-order valence-corrected chi connectivity index (χ4v) is 10.4. The van der Waals surface area contributed by atoms with Gasteiger partial charge in [0.2, 0.25) is 0 Å². The molecule has 3 aromatic carbocycles. The van der Waals surface area contributed by atoms with Gasteiger partial charge in [0, 0.05) is 0 Å². The van der Waals surface area contributed by atoms with Gasteiger partial charge in [0.05, 0.1) is 0 Å². The molecule has 0 radical (unpaired) electrons. The maximum atomic E-state index is 6.84. The van der Waals surface area contributed by atoms with Crippen LogP contribution in [0, 0.1) is 0 Å². The third-order valence-electron chi connectivity index (χ3n) is 6.29. The normalized spacial score (nSPS) is 22.1. The first-order chi connectivity index (χ1) is 15.7. The summed E-state index contributed by atoms with van der Waals surface area (Å²) < 4.78 is 17.1. The predicted octanol–water partition coefficient (Wildman–Crippen LogP) is 6.73. The van der Waals surface area contributed by atoms with Gasteiger partial charge in [-0.25, -0.2) is 0 Å². The molecule has 6 rings (SSSR count). The molecule has 0 aliphatic carbocycles. The summed E-state index contributed by atoms with van der Waals surface area (Å²) in [6.07, 6.45) is 2.96. The summed E-state index contributed by atoms with van der Waals surface area (Å²) in [5.74, 6) is 0. The van der Waals surface area contributed by atoms with Gasteiger partial charge < -0.3 is 0 Å². The van der Waals surface area contributed by atoms with E-state index in [0.717, 1.165) is 39.8 Å². The number of anilines is 2. The number of halogens is 1. The summed E-state index contributed by atoms with van der Waals surface area (Å²) in [7, 11) is -3.60. The Bertz CT molecular complexity index is 1210. The van der Waals surface area contributed by atoms with Crippen molar-refractivity contribution in [3.63, 3.8) is 0 Å². The van der Waals surface area contributed by atoms with Gasteiger partial charge in [-0.3, -0.25) is 0 Å². The summed E-state index contributed by atoms with van der Waals surface area (Å²) >= 11 is 3.57. The van der Waals surface area contributed by atoms with E-state index in [9.17, 15) is 0 Å². The third-order valence-corrected chi connectivity index (χ3v) is 11.9. The van der Waals surface area contributed by atoms with Gasteiger partial charge in [0.1, 0.15) is 0 Å². The summed E-state index contributed by atoms with van der Waals surface area (Å²) in [5, 5.41) is 8.39.